The van der Waals surface area contributed by atoms with Gasteiger partial charge in [0.15, 0.2) is 0 Å². The average molecular weight is 408 g/mol. The second-order valence-electron chi connectivity index (χ2n) is 6.93. The van der Waals surface area contributed by atoms with Crippen LogP contribution in [0.4, 0.5) is 21.9 Å². The number of carbonyl (C=O) groups is 4. The Hall–Kier alpha value is -3.88. The number of benzene rings is 2. The SMILES string of the molecule is O=C(CCN1CCOC1=O)Nc1ccc(C(=O)N2CC(=O)Nc3ccccc32)cc1. The van der Waals surface area contributed by atoms with Crippen molar-refractivity contribution in [3.8, 4) is 0 Å². The van der Waals surface area contributed by atoms with Gasteiger partial charge in [-0.1, -0.05) is 12.1 Å². The fraction of sp³-hybridized carbons (Fsp3) is 0.238. The molecule has 0 saturated carbocycles. The van der Waals surface area contributed by atoms with Crippen molar-refractivity contribution in [3.63, 3.8) is 0 Å². The summed E-state index contributed by atoms with van der Waals surface area (Å²) in [5.74, 6) is -0.800. The van der Waals surface area contributed by atoms with E-state index in [9.17, 15) is 19.2 Å². The number of cyclic esters (lactones) is 1. The Balaban J connectivity index is 1.39. The van der Waals surface area contributed by atoms with Crippen molar-refractivity contribution in [2.45, 2.75) is 6.42 Å². The van der Waals surface area contributed by atoms with E-state index in [0.29, 0.717) is 35.8 Å². The van der Waals surface area contributed by atoms with Crippen LogP contribution < -0.4 is 15.5 Å². The van der Waals surface area contributed by atoms with E-state index in [1.54, 1.807) is 48.5 Å². The minimum Gasteiger partial charge on any atom is -0.448 e. The van der Waals surface area contributed by atoms with Gasteiger partial charge >= 0.3 is 6.09 Å². The Kier molecular flexibility index (Phi) is 5.34. The van der Waals surface area contributed by atoms with E-state index in [1.807, 2.05) is 0 Å². The molecule has 30 heavy (non-hydrogen) atoms. The summed E-state index contributed by atoms with van der Waals surface area (Å²) in [6, 6.07) is 13.6. The Morgan fingerprint density at radius 1 is 1.07 bits per heavy atom. The Morgan fingerprint density at radius 3 is 2.57 bits per heavy atom. The zero-order valence-electron chi connectivity index (χ0n) is 16.1. The van der Waals surface area contributed by atoms with Crippen molar-refractivity contribution >= 4 is 40.9 Å². The second-order valence-corrected chi connectivity index (χ2v) is 6.93. The third-order valence-corrected chi connectivity index (χ3v) is 4.89. The van der Waals surface area contributed by atoms with Crippen molar-refractivity contribution in [1.82, 2.24) is 4.90 Å². The summed E-state index contributed by atoms with van der Waals surface area (Å²) in [6.45, 7) is 1.06. The number of hydrogen-bond acceptors (Lipinski definition) is 5. The molecule has 4 rings (SSSR count). The summed E-state index contributed by atoms with van der Waals surface area (Å²) in [4.78, 5) is 51.3. The van der Waals surface area contributed by atoms with Crippen molar-refractivity contribution in [1.29, 1.82) is 0 Å². The zero-order chi connectivity index (χ0) is 21.1. The molecule has 1 saturated heterocycles. The molecule has 0 bridgehead atoms. The lowest BCUT2D eigenvalue weighted by Crippen LogP contribution is -2.42. The summed E-state index contributed by atoms with van der Waals surface area (Å²) in [6.07, 6.45) is -0.256. The number of carbonyl (C=O) groups excluding carboxylic acids is 4. The molecule has 9 nitrogen and oxygen atoms in total. The van der Waals surface area contributed by atoms with Crippen LogP contribution in [0.1, 0.15) is 16.8 Å². The molecule has 2 N–H and O–H groups in total. The summed E-state index contributed by atoms with van der Waals surface area (Å²) in [5.41, 5.74) is 2.17. The maximum atomic E-state index is 12.9. The molecule has 9 heteroatoms. The number of para-hydroxylation sites is 2. The highest BCUT2D eigenvalue weighted by molar-refractivity contribution is 6.15. The first kappa shape index (κ1) is 19.4. The van der Waals surface area contributed by atoms with Crippen LogP contribution in [0.25, 0.3) is 0 Å². The van der Waals surface area contributed by atoms with E-state index in [2.05, 4.69) is 10.6 Å². The fourth-order valence-electron chi connectivity index (χ4n) is 3.36. The van der Waals surface area contributed by atoms with E-state index in [1.165, 1.54) is 9.80 Å². The van der Waals surface area contributed by atoms with Gasteiger partial charge in [0, 0.05) is 24.2 Å². The summed E-state index contributed by atoms with van der Waals surface area (Å²) < 4.78 is 4.82. The molecule has 2 heterocycles. The van der Waals surface area contributed by atoms with Crippen molar-refractivity contribution in [3.05, 3.63) is 54.1 Å². The normalized spacial score (nSPS) is 15.3. The van der Waals surface area contributed by atoms with Gasteiger partial charge in [0.05, 0.1) is 17.9 Å². The van der Waals surface area contributed by atoms with Crippen LogP contribution in [0, 0.1) is 0 Å². The molecule has 2 aliphatic heterocycles. The average Bonchev–Trinajstić information content (AvgIpc) is 3.16. The van der Waals surface area contributed by atoms with Crippen LogP contribution in [0.15, 0.2) is 48.5 Å². The molecule has 0 atom stereocenters. The summed E-state index contributed by atoms with van der Waals surface area (Å²) in [5, 5.41) is 5.49. The third kappa shape index (κ3) is 4.09. The molecule has 0 radical (unpaired) electrons. The minimum absolute atomic E-state index is 0.0622. The molecule has 154 valence electrons. The largest absolute Gasteiger partial charge is 0.448 e. The number of hydrogen-bond donors (Lipinski definition) is 2. The maximum Gasteiger partial charge on any atom is 0.409 e. The predicted octanol–water partition coefficient (Wildman–Crippen LogP) is 2.07. The first-order valence-corrected chi connectivity index (χ1v) is 9.53. The number of fused-ring (bicyclic) bond motifs is 1. The fourth-order valence-corrected chi connectivity index (χ4v) is 3.36. The van der Waals surface area contributed by atoms with Crippen LogP contribution in [-0.4, -0.2) is 55.0 Å². The van der Waals surface area contributed by atoms with E-state index in [4.69, 9.17) is 4.74 Å². The molecule has 0 aliphatic carbocycles. The molecule has 2 aromatic rings. The van der Waals surface area contributed by atoms with Crippen molar-refractivity contribution in [2.24, 2.45) is 0 Å². The van der Waals surface area contributed by atoms with Crippen LogP contribution in [0.2, 0.25) is 0 Å². The van der Waals surface area contributed by atoms with Gasteiger partial charge in [-0.3, -0.25) is 19.3 Å². The van der Waals surface area contributed by atoms with Gasteiger partial charge < -0.3 is 20.3 Å². The molecular weight excluding hydrogens is 388 g/mol. The number of nitrogens with one attached hydrogen (secondary N) is 2. The molecule has 4 amide bonds. The lowest BCUT2D eigenvalue weighted by Gasteiger charge is -2.29. The van der Waals surface area contributed by atoms with Gasteiger partial charge in [0.2, 0.25) is 11.8 Å². The van der Waals surface area contributed by atoms with Crippen LogP contribution >= 0.6 is 0 Å². The second kappa shape index (κ2) is 8.24. The molecule has 1 fully saturated rings. The molecule has 2 aromatic carbocycles. The third-order valence-electron chi connectivity index (χ3n) is 4.89. The topological polar surface area (TPSA) is 108 Å². The number of rotatable bonds is 5. The molecule has 2 aliphatic rings. The minimum atomic E-state index is -0.404. The number of amides is 4. The summed E-state index contributed by atoms with van der Waals surface area (Å²) >= 11 is 0. The smallest absolute Gasteiger partial charge is 0.409 e. The lowest BCUT2D eigenvalue weighted by atomic mass is 10.1. The van der Waals surface area contributed by atoms with Gasteiger partial charge in [-0.15, -0.1) is 0 Å². The Bertz CT molecular complexity index is 1000. The van der Waals surface area contributed by atoms with E-state index in [-0.39, 0.29) is 37.2 Å². The number of nitrogens with zero attached hydrogens (tertiary/aromatic N) is 2. The highest BCUT2D eigenvalue weighted by Gasteiger charge is 2.27. The quantitative estimate of drug-likeness (QED) is 0.787. The summed E-state index contributed by atoms with van der Waals surface area (Å²) in [7, 11) is 0. The standard InChI is InChI=1S/C21H20N4O5/c26-18(9-10-24-11-12-30-21(24)29)22-15-7-5-14(6-8-15)20(28)25-13-19(27)23-16-3-1-2-4-17(16)25/h1-8H,9-13H2,(H,22,26)(H,23,27). The lowest BCUT2D eigenvalue weighted by molar-refractivity contribution is -0.116. The Labute approximate surface area is 172 Å². The van der Waals surface area contributed by atoms with Gasteiger partial charge in [-0.25, -0.2) is 4.79 Å². The van der Waals surface area contributed by atoms with E-state index < -0.39 is 6.09 Å². The molecule has 0 spiro atoms. The number of ether oxygens (including phenoxy) is 1. The highest BCUT2D eigenvalue weighted by Crippen LogP contribution is 2.30. The van der Waals surface area contributed by atoms with Gasteiger partial charge in [0.25, 0.3) is 5.91 Å². The van der Waals surface area contributed by atoms with Crippen LogP contribution in [0.5, 0.6) is 0 Å². The van der Waals surface area contributed by atoms with Crippen LogP contribution in [0.3, 0.4) is 0 Å². The monoisotopic (exact) mass is 408 g/mol. The first-order valence-electron chi connectivity index (χ1n) is 9.53. The van der Waals surface area contributed by atoms with E-state index >= 15 is 0 Å². The molecule has 0 aromatic heterocycles. The maximum absolute atomic E-state index is 12.9. The molecule has 0 unspecified atom stereocenters. The predicted molar refractivity (Wildman–Crippen MR) is 109 cm³/mol. The first-order chi connectivity index (χ1) is 14.5. The highest BCUT2D eigenvalue weighted by atomic mass is 16.6. The van der Waals surface area contributed by atoms with Crippen LogP contribution in [-0.2, 0) is 14.3 Å². The molecular formula is C21H20N4O5. The zero-order valence-corrected chi connectivity index (χ0v) is 16.1. The van der Waals surface area contributed by atoms with Gasteiger partial charge in [-0.05, 0) is 36.4 Å². The van der Waals surface area contributed by atoms with Crippen molar-refractivity contribution in [2.75, 3.05) is 41.8 Å². The van der Waals surface area contributed by atoms with E-state index in [0.717, 1.165) is 0 Å². The Morgan fingerprint density at radius 2 is 1.83 bits per heavy atom. The van der Waals surface area contributed by atoms with Crippen molar-refractivity contribution < 1.29 is 23.9 Å². The van der Waals surface area contributed by atoms with Gasteiger partial charge in [-0.2, -0.15) is 0 Å². The van der Waals surface area contributed by atoms with Gasteiger partial charge in [0.1, 0.15) is 13.2 Å². The number of anilines is 3.